The van der Waals surface area contributed by atoms with Gasteiger partial charge in [-0.3, -0.25) is 4.79 Å². The van der Waals surface area contributed by atoms with Gasteiger partial charge in [0.2, 0.25) is 5.91 Å². The van der Waals surface area contributed by atoms with E-state index in [2.05, 4.69) is 23.9 Å². The number of methoxy groups -OCH3 is 1. The Morgan fingerprint density at radius 2 is 1.94 bits per heavy atom. The molecule has 1 atom stereocenters. The number of amides is 1. The Kier molecular flexibility index (Phi) is 6.80. The number of carbonyl (C=O) groups excluding carboxylic acids is 2. The van der Waals surface area contributed by atoms with Gasteiger partial charge < -0.3 is 15.8 Å². The lowest BCUT2D eigenvalue weighted by molar-refractivity contribution is -0.144. The SMILES string of the molecule is COC(=O)C(C)NC(=O)CCC(C)(C)CCN. The zero-order valence-corrected chi connectivity index (χ0v) is 11.2. The van der Waals surface area contributed by atoms with E-state index in [0.717, 1.165) is 12.8 Å². The van der Waals surface area contributed by atoms with Crippen LogP contribution in [0.2, 0.25) is 0 Å². The average molecular weight is 244 g/mol. The molecule has 0 aliphatic heterocycles. The predicted octanol–water partition coefficient (Wildman–Crippen LogP) is 0.819. The molecule has 0 saturated heterocycles. The van der Waals surface area contributed by atoms with Crippen molar-refractivity contribution in [3.63, 3.8) is 0 Å². The van der Waals surface area contributed by atoms with Crippen molar-refractivity contribution in [1.29, 1.82) is 0 Å². The summed E-state index contributed by atoms with van der Waals surface area (Å²) >= 11 is 0. The normalized spacial score (nSPS) is 13.0. The number of rotatable bonds is 7. The van der Waals surface area contributed by atoms with E-state index in [0.29, 0.717) is 13.0 Å². The van der Waals surface area contributed by atoms with Crippen LogP contribution in [0.3, 0.4) is 0 Å². The number of hydrogen-bond acceptors (Lipinski definition) is 4. The summed E-state index contributed by atoms with van der Waals surface area (Å²) in [6, 6.07) is -0.592. The van der Waals surface area contributed by atoms with Crippen LogP contribution in [0.1, 0.15) is 40.0 Å². The van der Waals surface area contributed by atoms with E-state index >= 15 is 0 Å². The van der Waals surface area contributed by atoms with Crippen LogP contribution in [0.4, 0.5) is 0 Å². The molecule has 0 aliphatic rings. The topological polar surface area (TPSA) is 81.4 Å². The minimum atomic E-state index is -0.592. The molecule has 0 fully saturated rings. The molecule has 0 spiro atoms. The van der Waals surface area contributed by atoms with Crippen molar-refractivity contribution in [2.24, 2.45) is 11.1 Å². The highest BCUT2D eigenvalue weighted by atomic mass is 16.5. The van der Waals surface area contributed by atoms with Crippen molar-refractivity contribution in [2.75, 3.05) is 13.7 Å². The molecule has 0 aromatic carbocycles. The van der Waals surface area contributed by atoms with Crippen molar-refractivity contribution in [3.8, 4) is 0 Å². The molecule has 5 heteroatoms. The first-order valence-electron chi connectivity index (χ1n) is 5.89. The smallest absolute Gasteiger partial charge is 0.328 e. The molecule has 0 bridgehead atoms. The zero-order valence-electron chi connectivity index (χ0n) is 11.2. The minimum absolute atomic E-state index is 0.0561. The maximum atomic E-state index is 11.6. The van der Waals surface area contributed by atoms with E-state index in [9.17, 15) is 9.59 Å². The molecule has 0 aromatic rings. The predicted molar refractivity (Wildman–Crippen MR) is 66.3 cm³/mol. The molecule has 1 unspecified atom stereocenters. The molecule has 0 heterocycles. The maximum absolute atomic E-state index is 11.6. The van der Waals surface area contributed by atoms with Gasteiger partial charge in [-0.2, -0.15) is 0 Å². The van der Waals surface area contributed by atoms with Gasteiger partial charge in [-0.1, -0.05) is 13.8 Å². The lowest BCUT2D eigenvalue weighted by Gasteiger charge is -2.23. The third-order valence-electron chi connectivity index (χ3n) is 2.78. The number of esters is 1. The summed E-state index contributed by atoms with van der Waals surface area (Å²) in [5, 5.41) is 2.60. The molecule has 5 nitrogen and oxygen atoms in total. The Morgan fingerprint density at radius 3 is 2.41 bits per heavy atom. The Morgan fingerprint density at radius 1 is 1.35 bits per heavy atom. The Balaban J connectivity index is 3.99. The van der Waals surface area contributed by atoms with Gasteiger partial charge >= 0.3 is 5.97 Å². The number of ether oxygens (including phenoxy) is 1. The van der Waals surface area contributed by atoms with Crippen molar-refractivity contribution < 1.29 is 14.3 Å². The van der Waals surface area contributed by atoms with Crippen LogP contribution < -0.4 is 11.1 Å². The quantitative estimate of drug-likeness (QED) is 0.650. The largest absolute Gasteiger partial charge is 0.467 e. The van der Waals surface area contributed by atoms with Crippen molar-refractivity contribution in [2.45, 2.75) is 46.1 Å². The van der Waals surface area contributed by atoms with E-state index in [1.54, 1.807) is 6.92 Å². The fourth-order valence-electron chi connectivity index (χ4n) is 1.52. The second-order valence-electron chi connectivity index (χ2n) is 5.02. The Labute approximate surface area is 103 Å². The number of nitrogens with two attached hydrogens (primary N) is 1. The van der Waals surface area contributed by atoms with Gasteiger partial charge in [-0.15, -0.1) is 0 Å². The molecular formula is C12H24N2O3. The van der Waals surface area contributed by atoms with Crippen LogP contribution >= 0.6 is 0 Å². The summed E-state index contributed by atoms with van der Waals surface area (Å²) in [5.74, 6) is -0.562. The van der Waals surface area contributed by atoms with Gasteiger partial charge in [0.1, 0.15) is 6.04 Å². The number of nitrogens with one attached hydrogen (secondary N) is 1. The molecule has 100 valence electrons. The van der Waals surface area contributed by atoms with E-state index in [-0.39, 0.29) is 11.3 Å². The van der Waals surface area contributed by atoms with Crippen LogP contribution in [-0.2, 0) is 14.3 Å². The summed E-state index contributed by atoms with van der Waals surface area (Å²) in [4.78, 5) is 22.7. The summed E-state index contributed by atoms with van der Waals surface area (Å²) in [6.45, 7) is 6.38. The number of carbonyl (C=O) groups is 2. The van der Waals surface area contributed by atoms with Crippen LogP contribution in [0.25, 0.3) is 0 Å². The van der Waals surface area contributed by atoms with Crippen molar-refractivity contribution in [1.82, 2.24) is 5.32 Å². The Hall–Kier alpha value is -1.10. The molecule has 0 rings (SSSR count). The van der Waals surface area contributed by atoms with Crippen LogP contribution in [0.15, 0.2) is 0 Å². The lowest BCUT2D eigenvalue weighted by atomic mass is 9.84. The lowest BCUT2D eigenvalue weighted by Crippen LogP contribution is -2.39. The van der Waals surface area contributed by atoms with E-state index in [4.69, 9.17) is 5.73 Å². The van der Waals surface area contributed by atoms with Crippen LogP contribution in [-0.4, -0.2) is 31.6 Å². The number of hydrogen-bond donors (Lipinski definition) is 2. The molecule has 0 aromatic heterocycles. The summed E-state index contributed by atoms with van der Waals surface area (Å²) in [7, 11) is 1.30. The standard InChI is InChI=1S/C12H24N2O3/c1-9(11(16)17-4)14-10(15)5-6-12(2,3)7-8-13/h9H,5-8,13H2,1-4H3,(H,14,15). The second kappa shape index (κ2) is 7.27. The zero-order chi connectivity index (χ0) is 13.5. The molecule has 0 aliphatic carbocycles. The highest BCUT2D eigenvalue weighted by Gasteiger charge is 2.20. The summed E-state index contributed by atoms with van der Waals surface area (Å²) in [6.07, 6.45) is 2.03. The second-order valence-corrected chi connectivity index (χ2v) is 5.02. The fraction of sp³-hybridized carbons (Fsp3) is 0.833. The van der Waals surface area contributed by atoms with E-state index < -0.39 is 12.0 Å². The van der Waals surface area contributed by atoms with Gasteiger partial charge in [-0.25, -0.2) is 4.79 Å². The summed E-state index contributed by atoms with van der Waals surface area (Å²) < 4.78 is 4.53. The van der Waals surface area contributed by atoms with Crippen LogP contribution in [0, 0.1) is 5.41 Å². The first kappa shape index (κ1) is 15.9. The third-order valence-corrected chi connectivity index (χ3v) is 2.78. The highest BCUT2D eigenvalue weighted by Crippen LogP contribution is 2.25. The van der Waals surface area contributed by atoms with Gasteiger partial charge in [0.15, 0.2) is 0 Å². The fourth-order valence-corrected chi connectivity index (χ4v) is 1.52. The van der Waals surface area contributed by atoms with Crippen molar-refractivity contribution >= 4 is 11.9 Å². The third kappa shape index (κ3) is 6.94. The molecule has 3 N–H and O–H groups in total. The van der Waals surface area contributed by atoms with Gasteiger partial charge in [0, 0.05) is 6.42 Å². The maximum Gasteiger partial charge on any atom is 0.328 e. The van der Waals surface area contributed by atoms with E-state index in [1.807, 2.05) is 0 Å². The molecule has 0 radical (unpaired) electrons. The van der Waals surface area contributed by atoms with Crippen LogP contribution in [0.5, 0.6) is 0 Å². The molecule has 0 saturated carbocycles. The Bertz CT molecular complexity index is 264. The molecular weight excluding hydrogens is 220 g/mol. The molecule has 17 heavy (non-hydrogen) atoms. The first-order valence-corrected chi connectivity index (χ1v) is 5.89. The molecule has 1 amide bonds. The highest BCUT2D eigenvalue weighted by molar-refractivity contribution is 5.84. The van der Waals surface area contributed by atoms with Gasteiger partial charge in [0.25, 0.3) is 0 Å². The van der Waals surface area contributed by atoms with Gasteiger partial charge in [0.05, 0.1) is 7.11 Å². The summed E-state index contributed by atoms with van der Waals surface area (Å²) in [5.41, 5.74) is 5.55. The van der Waals surface area contributed by atoms with E-state index in [1.165, 1.54) is 7.11 Å². The van der Waals surface area contributed by atoms with Crippen molar-refractivity contribution in [3.05, 3.63) is 0 Å². The average Bonchev–Trinajstić information content (AvgIpc) is 2.25. The first-order chi connectivity index (χ1) is 7.82. The monoisotopic (exact) mass is 244 g/mol. The minimum Gasteiger partial charge on any atom is -0.467 e. The van der Waals surface area contributed by atoms with Gasteiger partial charge in [-0.05, 0) is 31.7 Å².